The second kappa shape index (κ2) is 14.8. The highest BCUT2D eigenvalue weighted by Crippen LogP contribution is 2.76. The zero-order valence-electron chi connectivity index (χ0n) is 34.9. The van der Waals surface area contributed by atoms with E-state index in [0.717, 1.165) is 44.6 Å². The van der Waals surface area contributed by atoms with Crippen molar-refractivity contribution in [1.82, 2.24) is 20.0 Å². The summed E-state index contributed by atoms with van der Waals surface area (Å²) in [4.78, 5) is 18.8. The minimum atomic E-state index is 0.0826. The molecule has 7 rings (SSSR count). The third-order valence-corrected chi connectivity index (χ3v) is 17.7. The molecule has 1 aromatic rings. The molecule has 0 aromatic heterocycles. The van der Waals surface area contributed by atoms with Crippen LogP contribution in [0, 0.1) is 51.2 Å². The van der Waals surface area contributed by atoms with Crippen LogP contribution < -0.4 is 10.1 Å². The van der Waals surface area contributed by atoms with Crippen LogP contribution in [0.3, 0.4) is 0 Å². The van der Waals surface area contributed by atoms with E-state index in [1.807, 2.05) is 12.1 Å². The molecule has 0 radical (unpaired) electrons. The molecule has 6 aliphatic rings. The van der Waals surface area contributed by atoms with Gasteiger partial charge in [0.05, 0.1) is 6.67 Å². The fraction of sp³-hybridized carbons (Fsp3) is 0.766. The minimum absolute atomic E-state index is 0.0826. The van der Waals surface area contributed by atoms with Gasteiger partial charge in [-0.2, -0.15) is 0 Å². The van der Waals surface area contributed by atoms with Gasteiger partial charge in [0.25, 0.3) is 6.47 Å². The molecule has 5 aliphatic carbocycles. The van der Waals surface area contributed by atoms with Gasteiger partial charge in [0.2, 0.25) is 0 Å². The normalized spacial score (nSPS) is 39.7. The van der Waals surface area contributed by atoms with E-state index in [1.165, 1.54) is 101 Å². The van der Waals surface area contributed by atoms with Crippen molar-refractivity contribution < 1.29 is 9.53 Å². The molecule has 1 heterocycles. The van der Waals surface area contributed by atoms with E-state index >= 15 is 0 Å². The topological polar surface area (TPSA) is 48.0 Å². The maximum atomic E-state index is 10.9. The van der Waals surface area contributed by atoms with E-state index in [-0.39, 0.29) is 11.0 Å². The Kier molecular flexibility index (Phi) is 11.0. The van der Waals surface area contributed by atoms with Crippen LogP contribution >= 0.6 is 0 Å². The van der Waals surface area contributed by atoms with Gasteiger partial charge in [-0.05, 0) is 152 Å². The summed E-state index contributed by atoms with van der Waals surface area (Å²) in [7, 11) is 0. The van der Waals surface area contributed by atoms with Crippen LogP contribution in [0.2, 0.25) is 0 Å². The number of rotatable bonds is 12. The van der Waals surface area contributed by atoms with Crippen LogP contribution in [-0.4, -0.2) is 85.7 Å². The summed E-state index contributed by atoms with van der Waals surface area (Å²) in [5.41, 5.74) is 5.52. The highest BCUT2D eigenvalue weighted by atomic mass is 16.5. The minimum Gasteiger partial charge on any atom is -0.429 e. The van der Waals surface area contributed by atoms with E-state index < -0.39 is 0 Å². The predicted octanol–water partition coefficient (Wildman–Crippen LogP) is 9.13. The number of benzene rings is 1. The lowest BCUT2D eigenvalue weighted by atomic mass is 9.33. The van der Waals surface area contributed by atoms with Gasteiger partial charge in [-0.3, -0.25) is 19.5 Å². The van der Waals surface area contributed by atoms with Crippen molar-refractivity contribution in [2.24, 2.45) is 51.2 Å². The van der Waals surface area contributed by atoms with Crippen LogP contribution in [0.25, 0.3) is 5.57 Å². The average molecular weight is 727 g/mol. The van der Waals surface area contributed by atoms with Crippen molar-refractivity contribution in [2.45, 2.75) is 119 Å². The molecule has 6 nitrogen and oxygen atoms in total. The average Bonchev–Trinajstić information content (AvgIpc) is 3.52. The second-order valence-electron chi connectivity index (χ2n) is 20.0. The predicted molar refractivity (Wildman–Crippen MR) is 220 cm³/mol. The molecule has 294 valence electrons. The second-order valence-corrected chi connectivity index (χ2v) is 20.0. The molecule has 6 heteroatoms. The first-order valence-corrected chi connectivity index (χ1v) is 21.7. The van der Waals surface area contributed by atoms with E-state index in [4.69, 9.17) is 4.74 Å². The molecule has 9 atom stereocenters. The van der Waals surface area contributed by atoms with E-state index in [2.05, 4.69) is 100 Å². The highest BCUT2D eigenvalue weighted by Gasteiger charge is 2.70. The zero-order valence-corrected chi connectivity index (χ0v) is 34.9. The summed E-state index contributed by atoms with van der Waals surface area (Å²) in [6.45, 7) is 35.9. The molecule has 1 aliphatic heterocycles. The number of piperazine rings is 1. The molecular weight excluding hydrogens is 653 g/mol. The summed E-state index contributed by atoms with van der Waals surface area (Å²) >= 11 is 0. The smallest absolute Gasteiger partial charge is 0.298 e. The lowest BCUT2D eigenvalue weighted by molar-refractivity contribution is -0.219. The highest BCUT2D eigenvalue weighted by molar-refractivity contribution is 5.72. The number of nitrogens with one attached hydrogen (secondary N) is 1. The quantitative estimate of drug-likeness (QED) is 0.171. The van der Waals surface area contributed by atoms with Crippen molar-refractivity contribution in [3.63, 3.8) is 0 Å². The molecule has 0 spiro atoms. The summed E-state index contributed by atoms with van der Waals surface area (Å²) in [6, 6.07) is 8.21. The molecule has 5 fully saturated rings. The summed E-state index contributed by atoms with van der Waals surface area (Å²) in [5.74, 6) is 4.11. The summed E-state index contributed by atoms with van der Waals surface area (Å²) < 4.78 is 5.13. The molecule has 0 amide bonds. The van der Waals surface area contributed by atoms with Crippen LogP contribution in [-0.2, 0) is 4.79 Å². The number of allylic oxidation sites excluding steroid dienone is 3. The van der Waals surface area contributed by atoms with Crippen molar-refractivity contribution in [2.75, 3.05) is 59.0 Å². The number of fused-ring (bicyclic) bond motifs is 7. The van der Waals surface area contributed by atoms with Crippen molar-refractivity contribution in [3.05, 3.63) is 48.1 Å². The Morgan fingerprint density at radius 1 is 0.887 bits per heavy atom. The molecule has 53 heavy (non-hydrogen) atoms. The number of nitrogens with zero attached hydrogens (tertiary/aromatic N) is 3. The lowest BCUT2D eigenvalue weighted by Crippen LogP contribution is -2.68. The largest absolute Gasteiger partial charge is 0.429 e. The molecule has 1 saturated heterocycles. The van der Waals surface area contributed by atoms with Gasteiger partial charge in [0.15, 0.2) is 0 Å². The van der Waals surface area contributed by atoms with E-state index in [1.54, 1.807) is 0 Å². The monoisotopic (exact) mass is 727 g/mol. The molecule has 0 unspecified atom stereocenters. The van der Waals surface area contributed by atoms with Crippen molar-refractivity contribution >= 4 is 12.0 Å². The maximum absolute atomic E-state index is 10.9. The first kappa shape index (κ1) is 39.3. The van der Waals surface area contributed by atoms with Crippen molar-refractivity contribution in [3.8, 4) is 5.75 Å². The van der Waals surface area contributed by atoms with E-state index in [9.17, 15) is 4.79 Å². The number of hydrogen-bond donors (Lipinski definition) is 1. The number of carbonyl (C=O) groups excluding carboxylic acids is 1. The van der Waals surface area contributed by atoms with Gasteiger partial charge in [0.1, 0.15) is 5.75 Å². The van der Waals surface area contributed by atoms with Gasteiger partial charge in [-0.1, -0.05) is 78.8 Å². The first-order valence-electron chi connectivity index (χ1n) is 21.7. The molecule has 1 aromatic carbocycles. The molecule has 1 N–H and O–H groups in total. The third-order valence-electron chi connectivity index (χ3n) is 17.7. The molecule has 0 bridgehead atoms. The third kappa shape index (κ3) is 6.52. The summed E-state index contributed by atoms with van der Waals surface area (Å²) in [6.07, 6.45) is 14.5. The Bertz CT molecular complexity index is 1510. The molecule has 4 saturated carbocycles. The fourth-order valence-corrected chi connectivity index (χ4v) is 14.6. The fourth-order valence-electron chi connectivity index (χ4n) is 14.6. The van der Waals surface area contributed by atoms with Crippen LogP contribution in [0.1, 0.15) is 119 Å². The maximum Gasteiger partial charge on any atom is 0.298 e. The Balaban J connectivity index is 1.08. The lowest BCUT2D eigenvalue weighted by Gasteiger charge is -2.72. The van der Waals surface area contributed by atoms with Gasteiger partial charge in [-0.25, -0.2) is 0 Å². The Morgan fingerprint density at radius 3 is 2.25 bits per heavy atom. The number of hydrogen-bond acceptors (Lipinski definition) is 6. The van der Waals surface area contributed by atoms with Gasteiger partial charge < -0.3 is 10.1 Å². The standard InChI is InChI=1S/C47H74N4O2/c1-10-49(11-2)32-51-30-28-50(29-31-51)27-26-48-47-23-18-37(34(3)4)42(47)39-16-17-41-44(7)21-19-38(35-12-14-36(15-13-35)53-33-52)43(5,6)40(44)20-22-46(41,9)45(39,8)24-25-47/h12-15,19,33,37,39-42,48H,3,10-11,16-18,20-32H2,1-2,4-9H3/t37-,39+,40-,41+,42+,44-,45+,46+,47-/m0/s1. The van der Waals surface area contributed by atoms with Crippen LogP contribution in [0.4, 0.5) is 0 Å². The number of ether oxygens (including phenoxy) is 1. The Labute approximate surface area is 323 Å². The Hall–Kier alpha value is -1.99. The number of carbonyl (C=O) groups is 1. The summed E-state index contributed by atoms with van der Waals surface area (Å²) in [5, 5.41) is 4.38. The van der Waals surface area contributed by atoms with Crippen LogP contribution in [0.15, 0.2) is 42.5 Å². The SMILES string of the molecule is C=C(C)[C@@H]1CC[C@]2(NCCN3CCN(CN(CC)CC)CC3)CC[C@]3(C)[C@H](CC[C@@H]4[C@@]5(C)CC=C(c6ccc(OC=O)cc6)C(C)(C)[C@@H]5CC[C@]43C)[C@@H]12. The van der Waals surface area contributed by atoms with Gasteiger partial charge >= 0.3 is 0 Å². The van der Waals surface area contributed by atoms with Gasteiger partial charge in [0, 0.05) is 44.8 Å². The van der Waals surface area contributed by atoms with Gasteiger partial charge in [-0.15, -0.1) is 0 Å². The molecular formula is C47H74N4O2. The van der Waals surface area contributed by atoms with Crippen LogP contribution in [0.5, 0.6) is 5.75 Å². The van der Waals surface area contributed by atoms with E-state index in [0.29, 0.717) is 46.2 Å². The van der Waals surface area contributed by atoms with Crippen molar-refractivity contribution in [1.29, 1.82) is 0 Å². The Morgan fingerprint density at radius 2 is 1.58 bits per heavy atom. The first-order chi connectivity index (χ1) is 25.3. The zero-order chi connectivity index (χ0) is 37.8.